The van der Waals surface area contributed by atoms with Gasteiger partial charge < -0.3 is 10.4 Å². The van der Waals surface area contributed by atoms with Crippen LogP contribution in [0.2, 0.25) is 5.02 Å². The van der Waals surface area contributed by atoms with Gasteiger partial charge in [-0.05, 0) is 64.2 Å². The largest absolute Gasteiger partial charge is 0.388 e. The Hall–Kier alpha value is -2.14. The van der Waals surface area contributed by atoms with Crippen LogP contribution in [-0.2, 0) is 0 Å². The maximum Gasteiger partial charge on any atom is 0.251 e. The summed E-state index contributed by atoms with van der Waals surface area (Å²) in [7, 11) is 0. The average Bonchev–Trinajstić information content (AvgIpc) is 3.16. The molecule has 0 saturated carbocycles. The van der Waals surface area contributed by atoms with Gasteiger partial charge in [0.15, 0.2) is 0 Å². The molecule has 1 heterocycles. The molecule has 0 unspecified atom stereocenters. The number of benzene rings is 2. The maximum atomic E-state index is 12.2. The van der Waals surface area contributed by atoms with Crippen molar-refractivity contribution in [1.82, 2.24) is 5.32 Å². The standard InChI is InChI=1S/C20H18ClNO2S/c21-18-3-1-2-16(12-18)19(23)8-10-22-20(24)15-6-4-14(5-7-15)17-9-11-25-13-17/h1-7,9,11-13,19,23H,8,10H2,(H,22,24)/t19-/m0/s1. The SMILES string of the molecule is O=C(NCC[C@H](O)c1cccc(Cl)c1)c1ccc(-c2ccsc2)cc1. The fraction of sp³-hybridized carbons (Fsp3) is 0.150. The summed E-state index contributed by atoms with van der Waals surface area (Å²) in [5, 5.41) is 17.7. The van der Waals surface area contributed by atoms with Gasteiger partial charge in [-0.3, -0.25) is 4.79 Å². The van der Waals surface area contributed by atoms with Gasteiger partial charge in [-0.15, -0.1) is 0 Å². The summed E-state index contributed by atoms with van der Waals surface area (Å²) in [5.74, 6) is -0.143. The molecule has 3 aromatic rings. The number of amides is 1. The van der Waals surface area contributed by atoms with Crippen molar-refractivity contribution in [2.45, 2.75) is 12.5 Å². The molecule has 128 valence electrons. The van der Waals surface area contributed by atoms with Gasteiger partial charge in [0.2, 0.25) is 0 Å². The third-order valence-corrected chi connectivity index (χ3v) is 4.86. The number of carbonyl (C=O) groups excluding carboxylic acids is 1. The molecule has 0 bridgehead atoms. The highest BCUT2D eigenvalue weighted by atomic mass is 35.5. The molecule has 25 heavy (non-hydrogen) atoms. The first-order valence-corrected chi connectivity index (χ1v) is 9.30. The van der Waals surface area contributed by atoms with Gasteiger partial charge in [-0.2, -0.15) is 11.3 Å². The van der Waals surface area contributed by atoms with Crippen molar-refractivity contribution in [3.05, 3.63) is 81.5 Å². The van der Waals surface area contributed by atoms with Crippen molar-refractivity contribution >= 4 is 28.8 Å². The van der Waals surface area contributed by atoms with E-state index in [1.165, 1.54) is 0 Å². The van der Waals surface area contributed by atoms with E-state index in [1.807, 2.05) is 35.7 Å². The van der Waals surface area contributed by atoms with E-state index in [0.717, 1.165) is 16.7 Å². The minimum atomic E-state index is -0.653. The van der Waals surface area contributed by atoms with Crippen LogP contribution in [0.15, 0.2) is 65.4 Å². The molecule has 3 rings (SSSR count). The molecular weight excluding hydrogens is 354 g/mol. The highest BCUT2D eigenvalue weighted by Gasteiger charge is 2.10. The first kappa shape index (κ1) is 17.7. The summed E-state index contributed by atoms with van der Waals surface area (Å²) < 4.78 is 0. The number of hydrogen-bond donors (Lipinski definition) is 2. The van der Waals surface area contributed by atoms with Crippen LogP contribution < -0.4 is 5.32 Å². The van der Waals surface area contributed by atoms with Crippen molar-refractivity contribution in [3.63, 3.8) is 0 Å². The van der Waals surface area contributed by atoms with Crippen LogP contribution in [-0.4, -0.2) is 17.6 Å². The van der Waals surface area contributed by atoms with Crippen molar-refractivity contribution in [2.75, 3.05) is 6.54 Å². The highest BCUT2D eigenvalue weighted by molar-refractivity contribution is 7.08. The molecule has 2 aromatic carbocycles. The topological polar surface area (TPSA) is 49.3 Å². The van der Waals surface area contributed by atoms with E-state index in [2.05, 4.69) is 16.8 Å². The van der Waals surface area contributed by atoms with Gasteiger partial charge in [0.05, 0.1) is 6.10 Å². The zero-order valence-electron chi connectivity index (χ0n) is 13.5. The minimum Gasteiger partial charge on any atom is -0.388 e. The Balaban J connectivity index is 1.52. The number of hydrogen-bond acceptors (Lipinski definition) is 3. The van der Waals surface area contributed by atoms with E-state index in [1.54, 1.807) is 29.5 Å². The van der Waals surface area contributed by atoms with E-state index in [-0.39, 0.29) is 5.91 Å². The number of rotatable bonds is 6. The number of halogens is 1. The van der Waals surface area contributed by atoms with Crippen molar-refractivity contribution < 1.29 is 9.90 Å². The van der Waals surface area contributed by atoms with Gasteiger partial charge in [0.1, 0.15) is 0 Å². The number of aliphatic hydroxyl groups excluding tert-OH is 1. The minimum absolute atomic E-state index is 0.143. The van der Waals surface area contributed by atoms with Crippen LogP contribution >= 0.6 is 22.9 Å². The third-order valence-electron chi connectivity index (χ3n) is 3.94. The van der Waals surface area contributed by atoms with Crippen LogP contribution in [0.3, 0.4) is 0 Å². The lowest BCUT2D eigenvalue weighted by Gasteiger charge is -2.12. The summed E-state index contributed by atoms with van der Waals surface area (Å²) in [5.41, 5.74) is 3.61. The van der Waals surface area contributed by atoms with Crippen molar-refractivity contribution in [3.8, 4) is 11.1 Å². The van der Waals surface area contributed by atoms with Crippen LogP contribution in [0.25, 0.3) is 11.1 Å². The second-order valence-corrected chi connectivity index (χ2v) is 6.92. The molecule has 0 spiro atoms. The normalized spacial score (nSPS) is 11.9. The Kier molecular flexibility index (Phi) is 5.87. The molecule has 3 nitrogen and oxygen atoms in total. The Morgan fingerprint density at radius 2 is 1.92 bits per heavy atom. The molecule has 0 fully saturated rings. The lowest BCUT2D eigenvalue weighted by Crippen LogP contribution is -2.25. The highest BCUT2D eigenvalue weighted by Crippen LogP contribution is 2.22. The second-order valence-electron chi connectivity index (χ2n) is 5.70. The molecule has 0 aliphatic rings. The molecule has 0 aliphatic heterocycles. The lowest BCUT2D eigenvalue weighted by atomic mass is 10.1. The molecule has 2 N–H and O–H groups in total. The monoisotopic (exact) mass is 371 g/mol. The van der Waals surface area contributed by atoms with E-state index >= 15 is 0 Å². The first-order valence-electron chi connectivity index (χ1n) is 7.98. The quantitative estimate of drug-likeness (QED) is 0.646. The maximum absolute atomic E-state index is 12.2. The third kappa shape index (κ3) is 4.69. The Morgan fingerprint density at radius 1 is 1.12 bits per heavy atom. The molecular formula is C20H18ClNO2S. The van der Waals surface area contributed by atoms with Gasteiger partial charge in [-0.1, -0.05) is 35.9 Å². The van der Waals surface area contributed by atoms with E-state index in [9.17, 15) is 9.90 Å². The van der Waals surface area contributed by atoms with E-state index in [4.69, 9.17) is 11.6 Å². The zero-order chi connectivity index (χ0) is 17.6. The summed E-state index contributed by atoms with van der Waals surface area (Å²) >= 11 is 7.57. The number of aliphatic hydroxyl groups is 1. The molecule has 1 amide bonds. The van der Waals surface area contributed by atoms with Crippen molar-refractivity contribution in [2.24, 2.45) is 0 Å². The van der Waals surface area contributed by atoms with Crippen LogP contribution in [0.4, 0.5) is 0 Å². The van der Waals surface area contributed by atoms with Crippen molar-refractivity contribution in [1.29, 1.82) is 0 Å². The fourth-order valence-electron chi connectivity index (χ4n) is 2.55. The smallest absolute Gasteiger partial charge is 0.251 e. The predicted molar refractivity (Wildman–Crippen MR) is 103 cm³/mol. The van der Waals surface area contributed by atoms with Crippen LogP contribution in [0.5, 0.6) is 0 Å². The molecule has 0 aliphatic carbocycles. The fourth-order valence-corrected chi connectivity index (χ4v) is 3.41. The van der Waals surface area contributed by atoms with Crippen LogP contribution in [0, 0.1) is 0 Å². The zero-order valence-corrected chi connectivity index (χ0v) is 15.1. The van der Waals surface area contributed by atoms with Crippen LogP contribution in [0.1, 0.15) is 28.4 Å². The molecule has 1 atom stereocenters. The average molecular weight is 372 g/mol. The Morgan fingerprint density at radius 3 is 2.60 bits per heavy atom. The first-order chi connectivity index (χ1) is 12.1. The summed E-state index contributed by atoms with van der Waals surface area (Å²) in [4.78, 5) is 12.2. The predicted octanol–water partition coefficient (Wildman–Crippen LogP) is 4.92. The summed E-state index contributed by atoms with van der Waals surface area (Å²) in [6.07, 6.45) is -0.223. The second kappa shape index (κ2) is 8.30. The Labute approximate surface area is 155 Å². The molecule has 5 heteroatoms. The molecule has 0 saturated heterocycles. The lowest BCUT2D eigenvalue weighted by molar-refractivity contribution is 0.0942. The summed E-state index contributed by atoms with van der Waals surface area (Å²) in [6, 6.07) is 16.7. The van der Waals surface area contributed by atoms with Gasteiger partial charge in [0.25, 0.3) is 5.91 Å². The Bertz CT molecular complexity index is 831. The van der Waals surface area contributed by atoms with Gasteiger partial charge >= 0.3 is 0 Å². The van der Waals surface area contributed by atoms with E-state index < -0.39 is 6.10 Å². The van der Waals surface area contributed by atoms with E-state index in [0.29, 0.717) is 23.6 Å². The number of nitrogens with one attached hydrogen (secondary N) is 1. The molecule has 0 radical (unpaired) electrons. The van der Waals surface area contributed by atoms with Gasteiger partial charge in [-0.25, -0.2) is 0 Å². The molecule has 1 aromatic heterocycles. The van der Waals surface area contributed by atoms with Gasteiger partial charge in [0, 0.05) is 17.1 Å². The number of thiophene rings is 1. The number of carbonyl (C=O) groups is 1. The summed E-state index contributed by atoms with van der Waals surface area (Å²) in [6.45, 7) is 0.388.